The van der Waals surface area contributed by atoms with Crippen LogP contribution >= 0.6 is 0 Å². The Hall–Kier alpha value is -4.39. The van der Waals surface area contributed by atoms with Crippen molar-refractivity contribution < 1.29 is 33.7 Å². The molecule has 1 aliphatic carbocycles. The first-order valence-corrected chi connectivity index (χ1v) is 10.8. The molecule has 2 aromatic rings. The number of hydrogen-bond acceptors (Lipinski definition) is 6. The lowest BCUT2D eigenvalue weighted by molar-refractivity contribution is -0.130. The number of hydrogen-bond donors (Lipinski definition) is 1. The van der Waals surface area contributed by atoms with Crippen molar-refractivity contribution in [1.82, 2.24) is 0 Å². The van der Waals surface area contributed by atoms with Gasteiger partial charge in [-0.3, -0.25) is 4.79 Å². The Labute approximate surface area is 203 Å². The first-order chi connectivity index (χ1) is 16.8. The fourth-order valence-corrected chi connectivity index (χ4v) is 3.75. The van der Waals surface area contributed by atoms with Gasteiger partial charge in [0.25, 0.3) is 0 Å². The van der Waals surface area contributed by atoms with Gasteiger partial charge in [0.15, 0.2) is 5.78 Å². The SMILES string of the molecule is C=CC(=O)Oc1ccc(/C=C2\CCC(/C=C/c3ccc(C(=C)C(=O)O)c(OC)c3)C2=O)c(OC)c1. The lowest BCUT2D eigenvalue weighted by atomic mass is 10.0. The molecule has 0 saturated heterocycles. The Morgan fingerprint density at radius 3 is 2.49 bits per heavy atom. The van der Waals surface area contributed by atoms with Crippen molar-refractivity contribution in [2.45, 2.75) is 12.8 Å². The van der Waals surface area contributed by atoms with E-state index in [1.807, 2.05) is 12.2 Å². The molecule has 1 N–H and O–H groups in total. The van der Waals surface area contributed by atoms with Gasteiger partial charge in [-0.15, -0.1) is 0 Å². The largest absolute Gasteiger partial charge is 0.496 e. The molecule has 0 amide bonds. The Balaban J connectivity index is 1.77. The highest BCUT2D eigenvalue weighted by Crippen LogP contribution is 2.34. The predicted octanol–water partition coefficient (Wildman–Crippen LogP) is 4.97. The first-order valence-electron chi connectivity index (χ1n) is 10.8. The maximum Gasteiger partial charge on any atom is 0.335 e. The second-order valence-corrected chi connectivity index (χ2v) is 7.81. The Morgan fingerprint density at radius 2 is 1.83 bits per heavy atom. The van der Waals surface area contributed by atoms with Crippen LogP contribution in [-0.4, -0.2) is 37.0 Å². The highest BCUT2D eigenvalue weighted by atomic mass is 16.5. The number of methoxy groups -OCH3 is 2. The van der Waals surface area contributed by atoms with E-state index in [4.69, 9.17) is 14.2 Å². The van der Waals surface area contributed by atoms with Crippen LogP contribution in [0.2, 0.25) is 0 Å². The summed E-state index contributed by atoms with van der Waals surface area (Å²) < 4.78 is 15.8. The number of ether oxygens (including phenoxy) is 3. The number of esters is 1. The summed E-state index contributed by atoms with van der Waals surface area (Å²) in [6.07, 6.45) is 7.83. The number of carbonyl (C=O) groups is 3. The lowest BCUT2D eigenvalue weighted by Crippen LogP contribution is -2.05. The van der Waals surface area contributed by atoms with Gasteiger partial charge in [-0.05, 0) is 54.3 Å². The van der Waals surface area contributed by atoms with Crippen LogP contribution < -0.4 is 14.2 Å². The number of carboxylic acids is 1. The molecule has 1 unspecified atom stereocenters. The van der Waals surface area contributed by atoms with Crippen molar-refractivity contribution in [2.75, 3.05) is 14.2 Å². The predicted molar refractivity (Wildman–Crippen MR) is 133 cm³/mol. The van der Waals surface area contributed by atoms with E-state index in [-0.39, 0.29) is 17.3 Å². The fraction of sp³-hybridized carbons (Fsp3) is 0.179. The Kier molecular flexibility index (Phi) is 8.04. The molecule has 7 heteroatoms. The first kappa shape index (κ1) is 25.2. The van der Waals surface area contributed by atoms with Gasteiger partial charge < -0.3 is 19.3 Å². The number of allylic oxidation sites excluding steroid dienone is 2. The Morgan fingerprint density at radius 1 is 1.09 bits per heavy atom. The molecule has 1 saturated carbocycles. The van der Waals surface area contributed by atoms with E-state index in [1.54, 1.807) is 42.5 Å². The van der Waals surface area contributed by atoms with Gasteiger partial charge in [-0.1, -0.05) is 31.4 Å². The zero-order valence-electron chi connectivity index (χ0n) is 19.6. The third kappa shape index (κ3) is 5.95. The second-order valence-electron chi connectivity index (χ2n) is 7.81. The minimum Gasteiger partial charge on any atom is -0.496 e. The van der Waals surface area contributed by atoms with E-state index in [9.17, 15) is 19.5 Å². The topological polar surface area (TPSA) is 99.1 Å². The van der Waals surface area contributed by atoms with Crippen LogP contribution in [0.4, 0.5) is 0 Å². The molecule has 1 aliphatic rings. The maximum atomic E-state index is 13.0. The van der Waals surface area contributed by atoms with E-state index < -0.39 is 11.9 Å². The zero-order valence-corrected chi connectivity index (χ0v) is 19.6. The summed E-state index contributed by atoms with van der Waals surface area (Å²) in [7, 11) is 2.97. The van der Waals surface area contributed by atoms with Crippen LogP contribution in [0, 0.1) is 5.92 Å². The molecule has 1 atom stereocenters. The van der Waals surface area contributed by atoms with Gasteiger partial charge in [0.2, 0.25) is 0 Å². The molecular weight excluding hydrogens is 448 g/mol. The molecule has 0 heterocycles. The molecule has 180 valence electrons. The van der Waals surface area contributed by atoms with Crippen molar-refractivity contribution >= 4 is 35.4 Å². The van der Waals surface area contributed by atoms with E-state index in [0.717, 1.165) is 11.6 Å². The molecule has 2 aromatic carbocycles. The number of carboxylic acid groups (broad SMARTS) is 1. The molecule has 0 aromatic heterocycles. The van der Waals surface area contributed by atoms with Gasteiger partial charge in [-0.2, -0.15) is 0 Å². The monoisotopic (exact) mass is 474 g/mol. The Bertz CT molecular complexity index is 1250. The van der Waals surface area contributed by atoms with Crippen molar-refractivity contribution in [3.63, 3.8) is 0 Å². The zero-order chi connectivity index (χ0) is 25.5. The van der Waals surface area contributed by atoms with E-state index in [2.05, 4.69) is 13.2 Å². The van der Waals surface area contributed by atoms with Gasteiger partial charge in [0.1, 0.15) is 17.2 Å². The molecular formula is C28H26O7. The average Bonchev–Trinajstić information content (AvgIpc) is 3.21. The number of rotatable bonds is 9. The second kappa shape index (κ2) is 11.2. The smallest absolute Gasteiger partial charge is 0.335 e. The molecule has 0 bridgehead atoms. The van der Waals surface area contributed by atoms with E-state index in [0.29, 0.717) is 46.8 Å². The third-order valence-corrected chi connectivity index (χ3v) is 5.63. The van der Waals surface area contributed by atoms with Gasteiger partial charge in [0.05, 0.1) is 19.8 Å². The summed E-state index contributed by atoms with van der Waals surface area (Å²) in [5.41, 5.74) is 2.51. The van der Waals surface area contributed by atoms with Crippen LogP contribution in [0.15, 0.2) is 67.3 Å². The van der Waals surface area contributed by atoms with E-state index >= 15 is 0 Å². The number of aliphatic carboxylic acids is 1. The summed E-state index contributed by atoms with van der Waals surface area (Å²) >= 11 is 0. The molecule has 0 radical (unpaired) electrons. The average molecular weight is 475 g/mol. The molecule has 7 nitrogen and oxygen atoms in total. The van der Waals surface area contributed by atoms with Crippen molar-refractivity contribution in [2.24, 2.45) is 5.92 Å². The van der Waals surface area contributed by atoms with Gasteiger partial charge in [-0.25, -0.2) is 9.59 Å². The number of carbonyl (C=O) groups excluding carboxylic acids is 2. The number of ketones is 1. The minimum absolute atomic E-state index is 0.0216. The molecule has 1 fully saturated rings. The van der Waals surface area contributed by atoms with Crippen LogP contribution in [0.5, 0.6) is 17.2 Å². The molecule has 3 rings (SSSR count). The van der Waals surface area contributed by atoms with Crippen LogP contribution in [0.3, 0.4) is 0 Å². The fourth-order valence-electron chi connectivity index (χ4n) is 3.75. The lowest BCUT2D eigenvalue weighted by Gasteiger charge is -2.09. The third-order valence-electron chi connectivity index (χ3n) is 5.63. The van der Waals surface area contributed by atoms with Crippen LogP contribution in [0.1, 0.15) is 29.5 Å². The van der Waals surface area contributed by atoms with Crippen LogP contribution in [-0.2, 0) is 14.4 Å². The van der Waals surface area contributed by atoms with Crippen LogP contribution in [0.25, 0.3) is 17.7 Å². The highest BCUT2D eigenvalue weighted by molar-refractivity contribution is 6.15. The normalized spacial score (nSPS) is 16.3. The molecule has 0 aliphatic heterocycles. The summed E-state index contributed by atoms with van der Waals surface area (Å²) in [5.74, 6) is -0.751. The van der Waals surface area contributed by atoms with Crippen molar-refractivity contribution in [3.05, 3.63) is 84.0 Å². The van der Waals surface area contributed by atoms with E-state index in [1.165, 1.54) is 14.2 Å². The summed E-state index contributed by atoms with van der Waals surface area (Å²) in [4.78, 5) is 35.6. The quantitative estimate of drug-likeness (QED) is 0.311. The van der Waals surface area contributed by atoms with Crippen molar-refractivity contribution in [1.29, 1.82) is 0 Å². The highest BCUT2D eigenvalue weighted by Gasteiger charge is 2.27. The molecule has 0 spiro atoms. The summed E-state index contributed by atoms with van der Waals surface area (Å²) in [6, 6.07) is 10.0. The number of Topliss-reactive ketones (excluding diaryl/α,β-unsaturated/α-hetero) is 1. The van der Waals surface area contributed by atoms with Gasteiger partial charge >= 0.3 is 11.9 Å². The van der Waals surface area contributed by atoms with Crippen molar-refractivity contribution in [3.8, 4) is 17.2 Å². The molecule has 35 heavy (non-hydrogen) atoms. The summed E-state index contributed by atoms with van der Waals surface area (Å²) in [5, 5.41) is 9.18. The number of benzene rings is 2. The minimum atomic E-state index is -1.12. The maximum absolute atomic E-state index is 13.0. The van der Waals surface area contributed by atoms with Gasteiger partial charge in [0, 0.05) is 29.2 Å². The standard InChI is InChI=1S/C28H26O7/c1-5-26(29)35-22-12-11-20(24(16-22)33-3)15-21-10-9-19(27(21)30)8-6-18-7-13-23(17(2)28(31)32)25(14-18)34-4/h5-8,11-16,19H,1-2,9-10H2,3-4H3,(H,31,32)/b8-6+,21-15+. The summed E-state index contributed by atoms with van der Waals surface area (Å²) in [6.45, 7) is 6.95.